The minimum Gasteiger partial charge on any atom is -0.493 e. The Morgan fingerprint density at radius 3 is 2.55 bits per heavy atom. The summed E-state index contributed by atoms with van der Waals surface area (Å²) in [5, 5.41) is 0. The molecule has 0 radical (unpaired) electrons. The second kappa shape index (κ2) is 9.35. The van der Waals surface area contributed by atoms with E-state index in [1.807, 2.05) is 44.3 Å². The highest BCUT2D eigenvalue weighted by molar-refractivity contribution is 5.91. The summed E-state index contributed by atoms with van der Waals surface area (Å²) in [6.07, 6.45) is 4.59. The molecule has 8 nitrogen and oxygen atoms in total. The van der Waals surface area contributed by atoms with Gasteiger partial charge in [0, 0.05) is 25.7 Å². The Hall–Kier alpha value is -4.46. The van der Waals surface area contributed by atoms with E-state index in [1.165, 1.54) is 13.3 Å². The van der Waals surface area contributed by atoms with Gasteiger partial charge in [-0.1, -0.05) is 18.2 Å². The predicted molar refractivity (Wildman–Crippen MR) is 125 cm³/mol. The van der Waals surface area contributed by atoms with Gasteiger partial charge in [0.2, 0.25) is 0 Å². The van der Waals surface area contributed by atoms with Gasteiger partial charge in [-0.2, -0.15) is 0 Å². The third-order valence-corrected chi connectivity index (χ3v) is 5.15. The summed E-state index contributed by atoms with van der Waals surface area (Å²) in [5.41, 5.74) is 2.63. The molecule has 0 bridgehead atoms. The summed E-state index contributed by atoms with van der Waals surface area (Å²) in [6, 6.07) is 17.7. The number of methoxy groups -OCH3 is 1. The number of para-hydroxylation sites is 1. The van der Waals surface area contributed by atoms with Crippen LogP contribution in [0.15, 0.2) is 82.8 Å². The predicted octanol–water partition coefficient (Wildman–Crippen LogP) is 3.86. The van der Waals surface area contributed by atoms with E-state index in [0.29, 0.717) is 22.6 Å². The molecule has 0 aliphatic carbocycles. The Balaban J connectivity index is 1.61. The molecule has 2 aromatic heterocycles. The van der Waals surface area contributed by atoms with Gasteiger partial charge in [-0.05, 0) is 55.0 Å². The van der Waals surface area contributed by atoms with Gasteiger partial charge in [0.05, 0.1) is 24.1 Å². The first kappa shape index (κ1) is 21.8. The van der Waals surface area contributed by atoms with Gasteiger partial charge < -0.3 is 9.47 Å². The molecule has 0 spiro atoms. The molecule has 0 atom stereocenters. The maximum absolute atomic E-state index is 13.0. The van der Waals surface area contributed by atoms with Crippen molar-refractivity contribution in [1.82, 2.24) is 14.3 Å². The van der Waals surface area contributed by atoms with Crippen LogP contribution in [0.3, 0.4) is 0 Å². The van der Waals surface area contributed by atoms with E-state index in [4.69, 9.17) is 9.47 Å². The summed E-state index contributed by atoms with van der Waals surface area (Å²) < 4.78 is 14.2. The molecule has 0 saturated heterocycles. The lowest BCUT2D eigenvalue weighted by Gasteiger charge is -2.09. The number of nitrogens with zero attached hydrogens (tertiary/aromatic N) is 4. The number of ether oxygens (including phenoxy) is 2. The van der Waals surface area contributed by atoms with Gasteiger partial charge in [0.15, 0.2) is 17.2 Å². The molecule has 4 aromatic rings. The number of aromatic nitrogens is 3. The summed E-state index contributed by atoms with van der Waals surface area (Å²) in [7, 11) is 3.30. The van der Waals surface area contributed by atoms with Crippen LogP contribution in [0.4, 0.5) is 5.69 Å². The Kier molecular flexibility index (Phi) is 6.17. The van der Waals surface area contributed by atoms with Gasteiger partial charge in [0.25, 0.3) is 5.56 Å². The van der Waals surface area contributed by atoms with E-state index in [-0.39, 0.29) is 11.3 Å². The molecule has 0 saturated carbocycles. The van der Waals surface area contributed by atoms with Crippen molar-refractivity contribution in [3.63, 3.8) is 0 Å². The standard InChI is InChI=1S/C25H22N4O4/c1-17-23(24(30)29(28(17)2)20-9-5-4-6-10-20)27-15-18-11-12-21(22(14-18)32-3)33-25(31)19-8-7-13-26-16-19/h4-16H,1-3H3. The second-order valence-electron chi connectivity index (χ2n) is 7.21. The number of carbonyl (C=O) groups excluding carboxylic acids is 1. The van der Waals surface area contributed by atoms with E-state index >= 15 is 0 Å². The van der Waals surface area contributed by atoms with E-state index in [9.17, 15) is 9.59 Å². The van der Waals surface area contributed by atoms with Crippen molar-refractivity contribution in [2.45, 2.75) is 6.92 Å². The lowest BCUT2D eigenvalue weighted by atomic mass is 10.2. The molecular weight excluding hydrogens is 420 g/mol. The van der Waals surface area contributed by atoms with Crippen LogP contribution in [0.1, 0.15) is 21.6 Å². The van der Waals surface area contributed by atoms with Crippen molar-refractivity contribution in [3.05, 3.63) is 100 Å². The quantitative estimate of drug-likeness (QED) is 0.257. The van der Waals surface area contributed by atoms with Crippen molar-refractivity contribution in [2.75, 3.05) is 7.11 Å². The van der Waals surface area contributed by atoms with Gasteiger partial charge in [-0.25, -0.2) is 14.5 Å². The zero-order valence-electron chi connectivity index (χ0n) is 18.4. The van der Waals surface area contributed by atoms with Crippen LogP contribution in [0, 0.1) is 6.92 Å². The van der Waals surface area contributed by atoms with Crippen LogP contribution in [-0.2, 0) is 7.05 Å². The number of hydrogen-bond donors (Lipinski definition) is 0. The van der Waals surface area contributed by atoms with Crippen LogP contribution >= 0.6 is 0 Å². The van der Waals surface area contributed by atoms with Gasteiger partial charge in [-0.15, -0.1) is 0 Å². The number of rotatable bonds is 6. The Morgan fingerprint density at radius 1 is 1.06 bits per heavy atom. The fraction of sp³-hybridized carbons (Fsp3) is 0.120. The Labute approximate surface area is 190 Å². The van der Waals surface area contributed by atoms with Crippen LogP contribution in [0.25, 0.3) is 5.69 Å². The molecule has 2 aromatic carbocycles. The van der Waals surface area contributed by atoms with Crippen molar-refractivity contribution in [2.24, 2.45) is 12.0 Å². The molecule has 0 N–H and O–H groups in total. The highest BCUT2D eigenvalue weighted by Gasteiger charge is 2.16. The van der Waals surface area contributed by atoms with Gasteiger partial charge >= 0.3 is 5.97 Å². The Morgan fingerprint density at radius 2 is 1.85 bits per heavy atom. The van der Waals surface area contributed by atoms with Crippen LogP contribution in [0.2, 0.25) is 0 Å². The molecule has 0 amide bonds. The van der Waals surface area contributed by atoms with Crippen LogP contribution in [-0.4, -0.2) is 33.6 Å². The first-order chi connectivity index (χ1) is 16.0. The fourth-order valence-electron chi connectivity index (χ4n) is 3.33. The summed E-state index contributed by atoms with van der Waals surface area (Å²) in [6.45, 7) is 1.84. The van der Waals surface area contributed by atoms with Gasteiger partial charge in [-0.3, -0.25) is 14.5 Å². The van der Waals surface area contributed by atoms with E-state index in [1.54, 1.807) is 52.1 Å². The normalized spacial score (nSPS) is 11.0. The largest absolute Gasteiger partial charge is 0.493 e. The SMILES string of the molecule is COc1cc(C=Nc2c(C)n(C)n(-c3ccccc3)c2=O)ccc1OC(=O)c1cccnc1. The Bertz CT molecular complexity index is 1370. The minimum absolute atomic E-state index is 0.216. The molecule has 0 fully saturated rings. The number of carbonyl (C=O) groups is 1. The van der Waals surface area contributed by atoms with Gasteiger partial charge in [0.1, 0.15) is 0 Å². The molecule has 166 valence electrons. The summed E-state index contributed by atoms with van der Waals surface area (Å²) in [5.74, 6) is 0.0951. The monoisotopic (exact) mass is 442 g/mol. The zero-order valence-corrected chi connectivity index (χ0v) is 18.4. The van der Waals surface area contributed by atoms with Crippen molar-refractivity contribution in [3.8, 4) is 17.2 Å². The molecular formula is C25H22N4O4. The smallest absolute Gasteiger partial charge is 0.345 e. The molecule has 0 unspecified atom stereocenters. The van der Waals surface area contributed by atoms with E-state index in [0.717, 1.165) is 11.4 Å². The number of esters is 1. The third-order valence-electron chi connectivity index (χ3n) is 5.15. The number of benzene rings is 2. The number of pyridine rings is 1. The molecule has 4 rings (SSSR count). The maximum atomic E-state index is 13.0. The average molecular weight is 442 g/mol. The molecule has 0 aliphatic heterocycles. The summed E-state index contributed by atoms with van der Waals surface area (Å²) in [4.78, 5) is 33.7. The highest BCUT2D eigenvalue weighted by atomic mass is 16.6. The van der Waals surface area contributed by atoms with Crippen molar-refractivity contribution in [1.29, 1.82) is 0 Å². The number of aliphatic imine (C=N–C) groups is 1. The molecule has 2 heterocycles. The zero-order chi connectivity index (χ0) is 23.4. The second-order valence-corrected chi connectivity index (χ2v) is 7.21. The van der Waals surface area contributed by atoms with Crippen LogP contribution in [0.5, 0.6) is 11.5 Å². The third kappa shape index (κ3) is 4.45. The van der Waals surface area contributed by atoms with Crippen molar-refractivity contribution < 1.29 is 14.3 Å². The van der Waals surface area contributed by atoms with E-state index < -0.39 is 5.97 Å². The highest BCUT2D eigenvalue weighted by Crippen LogP contribution is 2.28. The van der Waals surface area contributed by atoms with E-state index in [2.05, 4.69) is 9.98 Å². The first-order valence-electron chi connectivity index (χ1n) is 10.2. The molecule has 8 heteroatoms. The number of hydrogen-bond acceptors (Lipinski definition) is 6. The van der Waals surface area contributed by atoms with Crippen molar-refractivity contribution >= 4 is 17.9 Å². The molecule has 33 heavy (non-hydrogen) atoms. The minimum atomic E-state index is -0.538. The maximum Gasteiger partial charge on any atom is 0.345 e. The summed E-state index contributed by atoms with van der Waals surface area (Å²) >= 11 is 0. The lowest BCUT2D eigenvalue weighted by Crippen LogP contribution is -2.19. The topological polar surface area (TPSA) is 87.7 Å². The lowest BCUT2D eigenvalue weighted by molar-refractivity contribution is 0.0729. The fourth-order valence-corrected chi connectivity index (χ4v) is 3.33. The van der Waals surface area contributed by atoms with Crippen LogP contribution < -0.4 is 15.0 Å². The molecule has 0 aliphatic rings. The average Bonchev–Trinajstić information content (AvgIpc) is 3.06. The first-order valence-corrected chi connectivity index (χ1v) is 10.2.